The zero-order valence-electron chi connectivity index (χ0n) is 7.92. The molecule has 0 unspecified atom stereocenters. The van der Waals surface area contributed by atoms with Crippen molar-refractivity contribution in [3.8, 4) is 12.0 Å². The maximum Gasteiger partial charge on any atom is 0.272 e. The molecule has 0 spiro atoms. The van der Waals surface area contributed by atoms with Crippen LogP contribution in [0.2, 0.25) is 0 Å². The van der Waals surface area contributed by atoms with Gasteiger partial charge in [-0.1, -0.05) is 0 Å². The van der Waals surface area contributed by atoms with Crippen molar-refractivity contribution in [1.82, 2.24) is 4.90 Å². The van der Waals surface area contributed by atoms with Gasteiger partial charge in [-0.15, -0.1) is 0 Å². The normalized spacial score (nSPS) is 8.85. The molecule has 1 aromatic rings. The lowest BCUT2D eigenvalue weighted by molar-refractivity contribution is 0.103. The molecule has 0 aliphatic rings. The van der Waals surface area contributed by atoms with Gasteiger partial charge in [0.2, 0.25) is 0 Å². The van der Waals surface area contributed by atoms with E-state index in [1.54, 1.807) is 38.1 Å². The average molecular weight is 177 g/mol. The Morgan fingerprint density at radius 3 is 2.62 bits per heavy atom. The van der Waals surface area contributed by atoms with Crippen LogP contribution in [0.4, 0.5) is 0 Å². The number of ketones is 1. The van der Waals surface area contributed by atoms with Crippen molar-refractivity contribution in [2.75, 3.05) is 14.1 Å². The first-order chi connectivity index (χ1) is 6.09. The molecule has 0 amide bonds. The second-order valence-corrected chi connectivity index (χ2v) is 2.87. The molecule has 0 saturated carbocycles. The Balaban J connectivity index is 2.77. The number of carbonyl (C=O) groups excluding carboxylic acids is 1. The van der Waals surface area contributed by atoms with E-state index in [0.29, 0.717) is 5.76 Å². The summed E-state index contributed by atoms with van der Waals surface area (Å²) in [5.41, 5.74) is 0. The number of carbonyl (C=O) groups is 1. The number of rotatable bonds is 1. The first kappa shape index (κ1) is 9.40. The van der Waals surface area contributed by atoms with Crippen LogP contribution >= 0.6 is 0 Å². The Bertz CT molecular complexity index is 366. The summed E-state index contributed by atoms with van der Waals surface area (Å²) in [5.74, 6) is 3.18. The molecule has 0 bridgehead atoms. The predicted molar refractivity (Wildman–Crippen MR) is 49.2 cm³/mol. The van der Waals surface area contributed by atoms with E-state index in [1.807, 2.05) is 0 Å². The maximum absolute atomic E-state index is 11.3. The van der Waals surface area contributed by atoms with Crippen LogP contribution in [-0.2, 0) is 0 Å². The van der Waals surface area contributed by atoms with Crippen molar-refractivity contribution in [2.24, 2.45) is 0 Å². The predicted octanol–water partition coefficient (Wildman–Crippen LogP) is 1.29. The van der Waals surface area contributed by atoms with Crippen LogP contribution in [-0.4, -0.2) is 24.8 Å². The van der Waals surface area contributed by atoms with Gasteiger partial charge in [0, 0.05) is 26.1 Å². The summed E-state index contributed by atoms with van der Waals surface area (Å²) in [6, 6.07) is 5.99. The van der Waals surface area contributed by atoms with Gasteiger partial charge in [0.15, 0.2) is 5.76 Å². The molecule has 1 aromatic heterocycles. The number of nitrogens with zero attached hydrogens (tertiary/aromatic N) is 1. The zero-order valence-corrected chi connectivity index (χ0v) is 7.92. The molecule has 1 heterocycles. The summed E-state index contributed by atoms with van der Waals surface area (Å²) in [4.78, 5) is 12.9. The molecule has 0 N–H and O–H groups in total. The molecule has 0 atom stereocenters. The first-order valence-corrected chi connectivity index (χ1v) is 3.89. The van der Waals surface area contributed by atoms with Crippen molar-refractivity contribution in [3.05, 3.63) is 23.7 Å². The van der Waals surface area contributed by atoms with Crippen LogP contribution in [0, 0.1) is 18.9 Å². The minimum absolute atomic E-state index is 0.290. The fourth-order valence-electron chi connectivity index (χ4n) is 0.781. The van der Waals surface area contributed by atoms with Gasteiger partial charge in [0.25, 0.3) is 5.78 Å². The van der Waals surface area contributed by atoms with Crippen LogP contribution < -0.4 is 0 Å². The Hall–Kier alpha value is -1.69. The number of aryl methyl sites for hydroxylation is 1. The van der Waals surface area contributed by atoms with Crippen molar-refractivity contribution in [3.63, 3.8) is 0 Å². The number of hydrogen-bond donors (Lipinski definition) is 0. The lowest BCUT2D eigenvalue weighted by Gasteiger charge is -1.96. The molecule has 68 valence electrons. The quantitative estimate of drug-likeness (QED) is 0.368. The minimum atomic E-state index is -0.290. The summed E-state index contributed by atoms with van der Waals surface area (Å²) >= 11 is 0. The van der Waals surface area contributed by atoms with E-state index < -0.39 is 0 Å². The van der Waals surface area contributed by atoms with E-state index in [1.165, 1.54) is 0 Å². The minimum Gasteiger partial charge on any atom is -0.457 e. The lowest BCUT2D eigenvalue weighted by atomic mass is 10.3. The molecule has 3 heteroatoms. The summed E-state index contributed by atoms with van der Waals surface area (Å²) < 4.78 is 5.11. The standard InChI is InChI=1S/C10H11NO2/c1-8-4-5-10(13-8)9(12)6-7-11(2)3/h4-5H,1-3H3. The Morgan fingerprint density at radius 1 is 1.46 bits per heavy atom. The van der Waals surface area contributed by atoms with Crippen molar-refractivity contribution >= 4 is 5.78 Å². The smallest absolute Gasteiger partial charge is 0.272 e. The molecule has 3 nitrogen and oxygen atoms in total. The topological polar surface area (TPSA) is 33.5 Å². The molecule has 13 heavy (non-hydrogen) atoms. The third kappa shape index (κ3) is 2.68. The van der Waals surface area contributed by atoms with Crippen LogP contribution in [0.25, 0.3) is 0 Å². The van der Waals surface area contributed by atoms with Crippen LogP contribution in [0.3, 0.4) is 0 Å². The van der Waals surface area contributed by atoms with Gasteiger partial charge in [-0.3, -0.25) is 4.79 Å². The summed E-state index contributed by atoms with van der Waals surface area (Å²) in [5, 5.41) is 0. The highest BCUT2D eigenvalue weighted by Gasteiger charge is 2.05. The molecule has 0 aliphatic heterocycles. The molecule has 0 saturated heterocycles. The molecular formula is C10H11NO2. The second kappa shape index (κ2) is 3.81. The van der Waals surface area contributed by atoms with E-state index in [4.69, 9.17) is 4.42 Å². The Morgan fingerprint density at radius 2 is 2.15 bits per heavy atom. The highest BCUT2D eigenvalue weighted by atomic mass is 16.3. The summed E-state index contributed by atoms with van der Waals surface area (Å²) in [6.45, 7) is 1.79. The highest BCUT2D eigenvalue weighted by molar-refractivity contribution is 6.07. The summed E-state index contributed by atoms with van der Waals surface area (Å²) in [6.07, 6.45) is 0. The second-order valence-electron chi connectivity index (χ2n) is 2.87. The lowest BCUT2D eigenvalue weighted by Crippen LogP contribution is -2.03. The number of Topliss-reactive ketones (excluding diaryl/α,β-unsaturated/α-hetero) is 1. The number of furan rings is 1. The van der Waals surface area contributed by atoms with Crippen LogP contribution in [0.1, 0.15) is 16.3 Å². The Kier molecular flexibility index (Phi) is 2.76. The van der Waals surface area contributed by atoms with E-state index in [0.717, 1.165) is 5.76 Å². The maximum atomic E-state index is 11.3. The number of hydrogen-bond acceptors (Lipinski definition) is 3. The van der Waals surface area contributed by atoms with Gasteiger partial charge in [0.1, 0.15) is 5.76 Å². The van der Waals surface area contributed by atoms with Crippen LogP contribution in [0.15, 0.2) is 16.5 Å². The third-order valence-electron chi connectivity index (χ3n) is 1.36. The van der Waals surface area contributed by atoms with Gasteiger partial charge < -0.3 is 9.32 Å². The van der Waals surface area contributed by atoms with Gasteiger partial charge in [0.05, 0.1) is 0 Å². The molecule has 0 aliphatic carbocycles. The van der Waals surface area contributed by atoms with Crippen molar-refractivity contribution < 1.29 is 9.21 Å². The SMILES string of the molecule is Cc1ccc(C(=O)C#CN(C)C)o1. The first-order valence-electron chi connectivity index (χ1n) is 3.89. The Labute approximate surface area is 77.3 Å². The van der Waals surface area contributed by atoms with E-state index >= 15 is 0 Å². The van der Waals surface area contributed by atoms with E-state index in [-0.39, 0.29) is 5.78 Å². The van der Waals surface area contributed by atoms with Gasteiger partial charge in [-0.25, -0.2) is 0 Å². The van der Waals surface area contributed by atoms with Crippen molar-refractivity contribution in [2.45, 2.75) is 6.92 Å². The molecular weight excluding hydrogens is 166 g/mol. The molecule has 0 fully saturated rings. The highest BCUT2D eigenvalue weighted by Crippen LogP contribution is 2.06. The molecule has 1 rings (SSSR count). The van der Waals surface area contributed by atoms with Crippen molar-refractivity contribution in [1.29, 1.82) is 0 Å². The average Bonchev–Trinajstić information content (AvgIpc) is 2.47. The largest absolute Gasteiger partial charge is 0.457 e. The molecule has 0 radical (unpaired) electrons. The fourth-order valence-corrected chi connectivity index (χ4v) is 0.781. The third-order valence-corrected chi connectivity index (χ3v) is 1.36. The molecule has 0 aromatic carbocycles. The fraction of sp³-hybridized carbons (Fsp3) is 0.300. The van der Waals surface area contributed by atoms with E-state index in [9.17, 15) is 4.79 Å². The van der Waals surface area contributed by atoms with Gasteiger partial charge >= 0.3 is 0 Å². The van der Waals surface area contributed by atoms with Gasteiger partial charge in [-0.05, 0) is 19.1 Å². The van der Waals surface area contributed by atoms with E-state index in [2.05, 4.69) is 12.0 Å². The monoisotopic (exact) mass is 177 g/mol. The van der Waals surface area contributed by atoms with Crippen LogP contribution in [0.5, 0.6) is 0 Å². The summed E-state index contributed by atoms with van der Waals surface area (Å²) in [7, 11) is 3.54. The van der Waals surface area contributed by atoms with Gasteiger partial charge in [-0.2, -0.15) is 0 Å². The zero-order chi connectivity index (χ0) is 9.84.